The number of anilines is 1. The number of aliphatic hydroxyl groups excluding tert-OH is 1. The van der Waals surface area contributed by atoms with Gasteiger partial charge in [0.2, 0.25) is 0 Å². The van der Waals surface area contributed by atoms with Crippen molar-refractivity contribution < 1.29 is 9.90 Å². The number of fused-ring (bicyclic) bond motifs is 1. The third kappa shape index (κ3) is 4.24. The Kier molecular flexibility index (Phi) is 5.83. The van der Waals surface area contributed by atoms with Gasteiger partial charge in [0, 0.05) is 42.5 Å². The summed E-state index contributed by atoms with van der Waals surface area (Å²) in [6, 6.07) is 7.80. The normalized spacial score (nSPS) is 12.3. The molecule has 0 fully saturated rings. The molecule has 22 heavy (non-hydrogen) atoms. The van der Waals surface area contributed by atoms with Gasteiger partial charge in [-0.15, -0.1) is 0 Å². The number of hydrogen-bond acceptors (Lipinski definition) is 2. The van der Waals surface area contributed by atoms with Crippen LogP contribution in [0.1, 0.15) is 26.7 Å². The molecule has 5 nitrogen and oxygen atoms in total. The van der Waals surface area contributed by atoms with Crippen LogP contribution in [0.25, 0.3) is 10.9 Å². The molecule has 1 heterocycles. The van der Waals surface area contributed by atoms with Gasteiger partial charge >= 0.3 is 6.03 Å². The van der Waals surface area contributed by atoms with Gasteiger partial charge in [0.05, 0.1) is 0 Å². The summed E-state index contributed by atoms with van der Waals surface area (Å²) in [6.45, 7) is 5.86. The fraction of sp³-hybridized carbons (Fsp3) is 0.471. The largest absolute Gasteiger partial charge is 0.396 e. The number of rotatable bonds is 7. The number of amides is 2. The van der Waals surface area contributed by atoms with E-state index in [4.69, 9.17) is 5.11 Å². The molecule has 0 radical (unpaired) electrons. The molecule has 1 aromatic heterocycles. The standard InChI is InChI=1S/C17H25N3O2/c1-3-8-20-9-6-14-11-15(4-5-16(14)20)19-17(22)18-12-13(2)7-10-21/h4-6,9,11,13,21H,3,7-8,10,12H2,1-2H3,(H2,18,19,22)/t13-/m1/s1. The van der Waals surface area contributed by atoms with Crippen LogP contribution >= 0.6 is 0 Å². The monoisotopic (exact) mass is 303 g/mol. The minimum absolute atomic E-state index is 0.149. The lowest BCUT2D eigenvalue weighted by Gasteiger charge is -2.12. The van der Waals surface area contributed by atoms with E-state index in [1.54, 1.807) is 0 Å². The van der Waals surface area contributed by atoms with Gasteiger partial charge in [-0.25, -0.2) is 4.79 Å². The maximum absolute atomic E-state index is 11.9. The van der Waals surface area contributed by atoms with Crippen LogP contribution in [-0.2, 0) is 6.54 Å². The van der Waals surface area contributed by atoms with E-state index in [1.807, 2.05) is 25.1 Å². The van der Waals surface area contributed by atoms with Gasteiger partial charge in [-0.05, 0) is 43.0 Å². The average molecular weight is 303 g/mol. The fourth-order valence-electron chi connectivity index (χ4n) is 2.48. The average Bonchev–Trinajstić information content (AvgIpc) is 2.88. The number of aryl methyl sites for hydroxylation is 1. The molecular formula is C17H25N3O2. The van der Waals surface area contributed by atoms with Crippen molar-refractivity contribution in [2.75, 3.05) is 18.5 Å². The zero-order valence-electron chi connectivity index (χ0n) is 13.3. The zero-order valence-corrected chi connectivity index (χ0v) is 13.3. The minimum Gasteiger partial charge on any atom is -0.396 e. The molecule has 2 aromatic rings. The van der Waals surface area contributed by atoms with E-state index in [9.17, 15) is 4.79 Å². The minimum atomic E-state index is -0.211. The molecule has 1 aromatic carbocycles. The summed E-state index contributed by atoms with van der Waals surface area (Å²) in [5, 5.41) is 15.6. The Morgan fingerprint density at radius 3 is 2.91 bits per heavy atom. The third-order valence-electron chi connectivity index (χ3n) is 3.73. The molecule has 0 spiro atoms. The van der Waals surface area contributed by atoms with Crippen LogP contribution in [0.15, 0.2) is 30.5 Å². The number of urea groups is 1. The fourth-order valence-corrected chi connectivity index (χ4v) is 2.48. The summed E-state index contributed by atoms with van der Waals surface area (Å²) in [5.74, 6) is 0.265. The molecular weight excluding hydrogens is 278 g/mol. The second-order valence-corrected chi connectivity index (χ2v) is 5.74. The number of carbonyl (C=O) groups is 1. The lowest BCUT2D eigenvalue weighted by atomic mass is 10.1. The van der Waals surface area contributed by atoms with Gasteiger partial charge in [0.25, 0.3) is 0 Å². The predicted molar refractivity (Wildman–Crippen MR) is 90.1 cm³/mol. The van der Waals surface area contributed by atoms with Crippen molar-refractivity contribution in [1.82, 2.24) is 9.88 Å². The number of nitrogens with zero attached hydrogens (tertiary/aromatic N) is 1. The Bertz CT molecular complexity index is 621. The molecule has 2 rings (SSSR count). The number of nitrogens with one attached hydrogen (secondary N) is 2. The number of carbonyl (C=O) groups excluding carboxylic acids is 1. The maximum atomic E-state index is 11.9. The Morgan fingerprint density at radius 1 is 1.36 bits per heavy atom. The van der Waals surface area contributed by atoms with Gasteiger partial charge in [-0.2, -0.15) is 0 Å². The van der Waals surface area contributed by atoms with E-state index in [2.05, 4.69) is 34.4 Å². The summed E-state index contributed by atoms with van der Waals surface area (Å²) < 4.78 is 2.22. The Balaban J connectivity index is 1.95. The van der Waals surface area contributed by atoms with Crippen molar-refractivity contribution in [2.45, 2.75) is 33.2 Å². The Labute approximate surface area is 131 Å². The summed E-state index contributed by atoms with van der Waals surface area (Å²) in [7, 11) is 0. The van der Waals surface area contributed by atoms with Gasteiger partial charge in [-0.1, -0.05) is 13.8 Å². The molecule has 0 unspecified atom stereocenters. The first-order valence-corrected chi connectivity index (χ1v) is 7.88. The quantitative estimate of drug-likeness (QED) is 0.735. The van der Waals surface area contributed by atoms with Crippen molar-refractivity contribution in [1.29, 1.82) is 0 Å². The van der Waals surface area contributed by atoms with Crippen molar-refractivity contribution in [3.63, 3.8) is 0 Å². The lowest BCUT2D eigenvalue weighted by molar-refractivity contribution is 0.243. The maximum Gasteiger partial charge on any atom is 0.319 e. The number of aliphatic hydroxyl groups is 1. The second-order valence-electron chi connectivity index (χ2n) is 5.74. The smallest absolute Gasteiger partial charge is 0.319 e. The molecule has 0 aliphatic rings. The zero-order chi connectivity index (χ0) is 15.9. The van der Waals surface area contributed by atoms with E-state index < -0.39 is 0 Å². The van der Waals surface area contributed by atoms with E-state index in [0.717, 1.165) is 24.0 Å². The summed E-state index contributed by atoms with van der Waals surface area (Å²) in [5.41, 5.74) is 1.97. The van der Waals surface area contributed by atoms with Crippen LogP contribution in [0.2, 0.25) is 0 Å². The third-order valence-corrected chi connectivity index (χ3v) is 3.73. The number of hydrogen-bond donors (Lipinski definition) is 3. The highest BCUT2D eigenvalue weighted by molar-refractivity contribution is 5.92. The predicted octanol–water partition coefficient (Wildman–Crippen LogP) is 3.19. The molecule has 1 atom stereocenters. The molecule has 0 aliphatic heterocycles. The van der Waals surface area contributed by atoms with Gasteiger partial charge < -0.3 is 20.3 Å². The molecule has 3 N–H and O–H groups in total. The van der Waals surface area contributed by atoms with Crippen LogP contribution in [0, 0.1) is 5.92 Å². The SMILES string of the molecule is CCCn1ccc2cc(NC(=O)NC[C@H](C)CCO)ccc21. The van der Waals surface area contributed by atoms with Gasteiger partial charge in [0.1, 0.15) is 0 Å². The van der Waals surface area contributed by atoms with Crippen molar-refractivity contribution in [3.05, 3.63) is 30.5 Å². The number of aromatic nitrogens is 1. The molecule has 120 valence electrons. The van der Waals surface area contributed by atoms with E-state index in [-0.39, 0.29) is 18.6 Å². The summed E-state index contributed by atoms with van der Waals surface area (Å²) in [6.07, 6.45) is 3.87. The van der Waals surface area contributed by atoms with Crippen LogP contribution in [0.4, 0.5) is 10.5 Å². The molecule has 2 amide bonds. The van der Waals surface area contributed by atoms with Crippen LogP contribution in [-0.4, -0.2) is 28.9 Å². The lowest BCUT2D eigenvalue weighted by Crippen LogP contribution is -2.32. The van der Waals surface area contributed by atoms with Crippen LogP contribution < -0.4 is 10.6 Å². The second kappa shape index (κ2) is 7.84. The van der Waals surface area contributed by atoms with Gasteiger partial charge in [-0.3, -0.25) is 0 Å². The van der Waals surface area contributed by atoms with Gasteiger partial charge in [0.15, 0.2) is 0 Å². The Hall–Kier alpha value is -2.01. The molecule has 0 bridgehead atoms. The van der Waals surface area contributed by atoms with E-state index >= 15 is 0 Å². The molecule has 0 saturated carbocycles. The highest BCUT2D eigenvalue weighted by Gasteiger charge is 2.07. The van der Waals surface area contributed by atoms with E-state index in [0.29, 0.717) is 13.0 Å². The molecule has 0 saturated heterocycles. The topological polar surface area (TPSA) is 66.3 Å². The first kappa shape index (κ1) is 16.4. The summed E-state index contributed by atoms with van der Waals surface area (Å²) >= 11 is 0. The van der Waals surface area contributed by atoms with E-state index in [1.165, 1.54) is 5.52 Å². The molecule has 5 heteroatoms. The molecule has 0 aliphatic carbocycles. The highest BCUT2D eigenvalue weighted by atomic mass is 16.3. The first-order valence-electron chi connectivity index (χ1n) is 7.88. The summed E-state index contributed by atoms with van der Waals surface area (Å²) in [4.78, 5) is 11.9. The first-order chi connectivity index (χ1) is 10.6. The number of benzene rings is 1. The van der Waals surface area contributed by atoms with Crippen molar-refractivity contribution in [3.8, 4) is 0 Å². The Morgan fingerprint density at radius 2 is 2.18 bits per heavy atom. The van der Waals surface area contributed by atoms with Crippen LogP contribution in [0.5, 0.6) is 0 Å². The van der Waals surface area contributed by atoms with Crippen LogP contribution in [0.3, 0.4) is 0 Å². The highest BCUT2D eigenvalue weighted by Crippen LogP contribution is 2.20. The van der Waals surface area contributed by atoms with Crippen molar-refractivity contribution in [2.24, 2.45) is 5.92 Å². The van der Waals surface area contributed by atoms with Crippen molar-refractivity contribution >= 4 is 22.6 Å².